The van der Waals surface area contributed by atoms with E-state index in [0.29, 0.717) is 5.15 Å². The Morgan fingerprint density at radius 3 is 2.42 bits per heavy atom. The minimum atomic E-state index is 0.609. The van der Waals surface area contributed by atoms with Gasteiger partial charge in [-0.3, -0.25) is 3.97 Å². The molecular formula is C15H12ClNOS. The standard InChI is InChI=1S/C15H12ClNOS/c1-18-14-12-9-5-6-10-13(12)17(15(14)16)19-11-7-3-2-4-8-11/h2-10H,1H3. The van der Waals surface area contributed by atoms with Gasteiger partial charge < -0.3 is 4.74 Å². The largest absolute Gasteiger partial charge is 0.493 e. The van der Waals surface area contributed by atoms with E-state index in [4.69, 9.17) is 16.3 Å². The minimum Gasteiger partial charge on any atom is -0.493 e. The average Bonchev–Trinajstić information content (AvgIpc) is 2.73. The number of aromatic nitrogens is 1. The molecule has 96 valence electrons. The fourth-order valence-electron chi connectivity index (χ4n) is 2.02. The Morgan fingerprint density at radius 2 is 1.68 bits per heavy atom. The monoisotopic (exact) mass is 289 g/mol. The molecule has 0 fully saturated rings. The van der Waals surface area contributed by atoms with Crippen LogP contribution in [0.2, 0.25) is 5.15 Å². The first-order valence-electron chi connectivity index (χ1n) is 5.87. The van der Waals surface area contributed by atoms with Crippen LogP contribution in [0.25, 0.3) is 10.9 Å². The van der Waals surface area contributed by atoms with E-state index in [9.17, 15) is 0 Å². The molecule has 0 saturated carbocycles. The van der Waals surface area contributed by atoms with E-state index in [1.165, 1.54) is 0 Å². The van der Waals surface area contributed by atoms with Crippen LogP contribution in [0, 0.1) is 0 Å². The van der Waals surface area contributed by atoms with E-state index < -0.39 is 0 Å². The molecular weight excluding hydrogens is 278 g/mol. The second-order valence-electron chi connectivity index (χ2n) is 4.04. The molecule has 0 amide bonds. The number of benzene rings is 2. The van der Waals surface area contributed by atoms with Gasteiger partial charge in [-0.15, -0.1) is 0 Å². The fraction of sp³-hybridized carbons (Fsp3) is 0.0667. The topological polar surface area (TPSA) is 14.2 Å². The molecule has 1 heterocycles. The Labute approximate surface area is 121 Å². The van der Waals surface area contributed by atoms with Crippen molar-refractivity contribution in [3.63, 3.8) is 0 Å². The van der Waals surface area contributed by atoms with Crippen LogP contribution in [0.4, 0.5) is 0 Å². The van der Waals surface area contributed by atoms with Crippen LogP contribution in [0.15, 0.2) is 59.5 Å². The Morgan fingerprint density at radius 1 is 1.00 bits per heavy atom. The molecule has 3 aromatic rings. The second kappa shape index (κ2) is 5.19. The SMILES string of the molecule is COc1c(Cl)n(Sc2ccccc2)c2ccccc12. The third-order valence-electron chi connectivity index (χ3n) is 2.88. The van der Waals surface area contributed by atoms with E-state index in [1.807, 2.05) is 46.4 Å². The second-order valence-corrected chi connectivity index (χ2v) is 5.42. The van der Waals surface area contributed by atoms with Crippen molar-refractivity contribution in [3.05, 3.63) is 59.8 Å². The van der Waals surface area contributed by atoms with E-state index in [1.54, 1.807) is 19.1 Å². The van der Waals surface area contributed by atoms with Crippen molar-refractivity contribution in [2.24, 2.45) is 0 Å². The molecule has 2 nitrogen and oxygen atoms in total. The summed E-state index contributed by atoms with van der Waals surface area (Å²) >= 11 is 8.00. The van der Waals surface area contributed by atoms with Gasteiger partial charge in [0.25, 0.3) is 0 Å². The van der Waals surface area contributed by atoms with Gasteiger partial charge >= 0.3 is 0 Å². The maximum absolute atomic E-state index is 6.42. The summed E-state index contributed by atoms with van der Waals surface area (Å²) in [4.78, 5) is 1.13. The Balaban J connectivity index is 2.15. The maximum atomic E-state index is 6.42. The van der Waals surface area contributed by atoms with Crippen molar-refractivity contribution in [2.45, 2.75) is 4.90 Å². The first-order valence-corrected chi connectivity index (χ1v) is 7.02. The number of rotatable bonds is 3. The molecule has 0 N–H and O–H groups in total. The first-order chi connectivity index (χ1) is 9.31. The van der Waals surface area contributed by atoms with Crippen molar-refractivity contribution in [2.75, 3.05) is 7.11 Å². The zero-order valence-corrected chi connectivity index (χ0v) is 11.9. The molecule has 0 aliphatic heterocycles. The Hall–Kier alpha value is -1.58. The number of nitrogens with zero attached hydrogens (tertiary/aromatic N) is 1. The molecule has 0 unspecified atom stereocenters. The molecule has 0 atom stereocenters. The highest BCUT2D eigenvalue weighted by Gasteiger charge is 2.16. The maximum Gasteiger partial charge on any atom is 0.164 e. The van der Waals surface area contributed by atoms with Crippen molar-refractivity contribution in [3.8, 4) is 5.75 Å². The number of ether oxygens (including phenoxy) is 1. The number of fused-ring (bicyclic) bond motifs is 1. The van der Waals surface area contributed by atoms with Gasteiger partial charge in [-0.25, -0.2) is 0 Å². The highest BCUT2D eigenvalue weighted by Crippen LogP contribution is 2.40. The number of hydrogen-bond acceptors (Lipinski definition) is 2. The van der Waals surface area contributed by atoms with Crippen molar-refractivity contribution in [1.29, 1.82) is 0 Å². The molecule has 0 aliphatic rings. The lowest BCUT2D eigenvalue weighted by Gasteiger charge is -2.05. The fourth-order valence-corrected chi connectivity index (χ4v) is 3.31. The zero-order chi connectivity index (χ0) is 13.2. The number of hydrogen-bond donors (Lipinski definition) is 0. The Kier molecular flexibility index (Phi) is 3.40. The van der Waals surface area contributed by atoms with Crippen LogP contribution < -0.4 is 4.74 Å². The first kappa shape index (κ1) is 12.5. The van der Waals surface area contributed by atoms with Crippen LogP contribution in [-0.2, 0) is 0 Å². The number of halogens is 1. The van der Waals surface area contributed by atoms with E-state index in [2.05, 4.69) is 12.1 Å². The van der Waals surface area contributed by atoms with E-state index in [-0.39, 0.29) is 0 Å². The highest BCUT2D eigenvalue weighted by atomic mass is 35.5. The van der Waals surface area contributed by atoms with Gasteiger partial charge in [0.05, 0.1) is 12.6 Å². The van der Waals surface area contributed by atoms with Gasteiger partial charge in [0.2, 0.25) is 0 Å². The summed E-state index contributed by atoms with van der Waals surface area (Å²) in [6.07, 6.45) is 0. The van der Waals surface area contributed by atoms with Gasteiger partial charge in [0.1, 0.15) is 0 Å². The quantitative estimate of drug-likeness (QED) is 0.683. The summed E-state index contributed by atoms with van der Waals surface area (Å²) in [7, 11) is 1.64. The van der Waals surface area contributed by atoms with Crippen LogP contribution in [0.5, 0.6) is 5.75 Å². The lowest BCUT2D eigenvalue weighted by Crippen LogP contribution is -1.87. The van der Waals surface area contributed by atoms with Crippen molar-refractivity contribution < 1.29 is 4.74 Å². The summed E-state index contributed by atoms with van der Waals surface area (Å²) in [6.45, 7) is 0. The lowest BCUT2D eigenvalue weighted by atomic mass is 10.2. The summed E-state index contributed by atoms with van der Waals surface area (Å²) in [6, 6.07) is 18.2. The summed E-state index contributed by atoms with van der Waals surface area (Å²) in [5, 5.41) is 1.64. The molecule has 2 aromatic carbocycles. The molecule has 0 aliphatic carbocycles. The molecule has 4 heteroatoms. The van der Waals surface area contributed by atoms with Crippen LogP contribution >= 0.6 is 23.5 Å². The molecule has 0 radical (unpaired) electrons. The average molecular weight is 290 g/mol. The number of para-hydroxylation sites is 1. The van der Waals surface area contributed by atoms with Gasteiger partial charge in [-0.2, -0.15) is 0 Å². The normalized spacial score (nSPS) is 10.8. The van der Waals surface area contributed by atoms with Crippen LogP contribution in [0.3, 0.4) is 0 Å². The van der Waals surface area contributed by atoms with Crippen LogP contribution in [-0.4, -0.2) is 11.1 Å². The molecule has 19 heavy (non-hydrogen) atoms. The van der Waals surface area contributed by atoms with Gasteiger partial charge in [-0.05, 0) is 36.2 Å². The Bertz CT molecular complexity index is 709. The highest BCUT2D eigenvalue weighted by molar-refractivity contribution is 7.98. The lowest BCUT2D eigenvalue weighted by molar-refractivity contribution is 0.419. The zero-order valence-electron chi connectivity index (χ0n) is 10.3. The molecule has 0 bridgehead atoms. The smallest absolute Gasteiger partial charge is 0.164 e. The predicted octanol–water partition coefficient (Wildman–Crippen LogP) is 4.86. The summed E-state index contributed by atoms with van der Waals surface area (Å²) in [5.41, 5.74) is 1.05. The summed E-state index contributed by atoms with van der Waals surface area (Å²) in [5.74, 6) is 0.723. The molecule has 0 saturated heterocycles. The molecule has 3 rings (SSSR count). The van der Waals surface area contributed by atoms with Gasteiger partial charge in [0.15, 0.2) is 10.9 Å². The molecule has 1 aromatic heterocycles. The van der Waals surface area contributed by atoms with E-state index in [0.717, 1.165) is 21.5 Å². The summed E-state index contributed by atoms with van der Waals surface area (Å²) < 4.78 is 7.40. The minimum absolute atomic E-state index is 0.609. The predicted molar refractivity (Wildman–Crippen MR) is 81.2 cm³/mol. The van der Waals surface area contributed by atoms with Crippen molar-refractivity contribution in [1.82, 2.24) is 3.97 Å². The third-order valence-corrected chi connectivity index (χ3v) is 4.36. The van der Waals surface area contributed by atoms with Gasteiger partial charge in [0, 0.05) is 10.3 Å². The third kappa shape index (κ3) is 2.20. The van der Waals surface area contributed by atoms with Gasteiger partial charge in [-0.1, -0.05) is 41.9 Å². The number of methoxy groups -OCH3 is 1. The van der Waals surface area contributed by atoms with Crippen LogP contribution in [0.1, 0.15) is 0 Å². The molecule has 0 spiro atoms. The van der Waals surface area contributed by atoms with Crippen molar-refractivity contribution >= 4 is 34.5 Å². The van der Waals surface area contributed by atoms with E-state index >= 15 is 0 Å².